The molecule has 1 amide bonds. The Morgan fingerprint density at radius 2 is 2.18 bits per heavy atom. The van der Waals surface area contributed by atoms with Crippen molar-refractivity contribution < 1.29 is 32.4 Å². The van der Waals surface area contributed by atoms with E-state index in [1.54, 1.807) is 17.4 Å². The summed E-state index contributed by atoms with van der Waals surface area (Å²) in [5, 5.41) is 15.9. The number of hydrogen-bond acceptors (Lipinski definition) is 6. The standard InChI is InChI=1S/C15H19N3O2S.C2HF3O2/c1-18-8-2-4-11(18)6-7-16-15(19)12-10-13(20-17-12)14-5-3-9-21-14;3-2(4,5)1(6)7/h3,5,9-11H,2,4,6-8H2,1H3,(H,16,19);(H,6,7). The number of nitrogens with one attached hydrogen (secondary N) is 1. The first-order chi connectivity index (χ1) is 13.2. The fourth-order valence-corrected chi connectivity index (χ4v) is 3.38. The number of aliphatic carboxylic acids is 1. The number of carboxylic acids is 1. The van der Waals surface area contributed by atoms with Crippen molar-refractivity contribution >= 4 is 23.2 Å². The van der Waals surface area contributed by atoms with Crippen molar-refractivity contribution in [3.05, 3.63) is 29.3 Å². The predicted molar refractivity (Wildman–Crippen MR) is 96.1 cm³/mol. The number of nitrogens with zero attached hydrogens (tertiary/aromatic N) is 2. The van der Waals surface area contributed by atoms with E-state index in [-0.39, 0.29) is 5.91 Å². The molecule has 1 aliphatic heterocycles. The van der Waals surface area contributed by atoms with Crippen LogP contribution in [-0.4, -0.2) is 59.4 Å². The summed E-state index contributed by atoms with van der Waals surface area (Å²) in [6.07, 6.45) is -1.63. The van der Waals surface area contributed by atoms with Gasteiger partial charge in [0.2, 0.25) is 0 Å². The highest BCUT2D eigenvalue weighted by atomic mass is 32.1. The van der Waals surface area contributed by atoms with Crippen molar-refractivity contribution in [3.63, 3.8) is 0 Å². The number of carboxylic acid groups (broad SMARTS) is 1. The molecule has 0 radical (unpaired) electrons. The number of halogens is 3. The van der Waals surface area contributed by atoms with Crippen molar-refractivity contribution in [1.29, 1.82) is 0 Å². The predicted octanol–water partition coefficient (Wildman–Crippen LogP) is 3.25. The second-order valence-corrected chi connectivity index (χ2v) is 7.13. The molecule has 0 spiro atoms. The smallest absolute Gasteiger partial charge is 0.475 e. The summed E-state index contributed by atoms with van der Waals surface area (Å²) in [5.41, 5.74) is 0.346. The van der Waals surface area contributed by atoms with E-state index in [2.05, 4.69) is 22.4 Å². The molecule has 0 saturated carbocycles. The van der Waals surface area contributed by atoms with E-state index in [9.17, 15) is 18.0 Å². The van der Waals surface area contributed by atoms with E-state index < -0.39 is 12.1 Å². The molecule has 1 fully saturated rings. The van der Waals surface area contributed by atoms with Crippen LogP contribution in [0.3, 0.4) is 0 Å². The van der Waals surface area contributed by atoms with Crippen LogP contribution in [0.15, 0.2) is 28.1 Å². The molecule has 28 heavy (non-hydrogen) atoms. The molecule has 0 aliphatic carbocycles. The first-order valence-electron chi connectivity index (χ1n) is 8.47. The van der Waals surface area contributed by atoms with E-state index in [0.717, 1.165) is 17.8 Å². The number of aromatic nitrogens is 1. The molecular weight excluding hydrogens is 399 g/mol. The molecule has 0 aromatic carbocycles. The Balaban J connectivity index is 0.000000345. The minimum absolute atomic E-state index is 0.165. The normalized spacial score (nSPS) is 17.1. The molecule has 0 bridgehead atoms. The van der Waals surface area contributed by atoms with Crippen LogP contribution in [-0.2, 0) is 4.79 Å². The Hall–Kier alpha value is -2.40. The number of amides is 1. The molecule has 1 unspecified atom stereocenters. The summed E-state index contributed by atoms with van der Waals surface area (Å²) in [5.74, 6) is -2.28. The summed E-state index contributed by atoms with van der Waals surface area (Å²) in [6.45, 7) is 1.83. The number of rotatable bonds is 5. The van der Waals surface area contributed by atoms with Crippen molar-refractivity contribution in [2.75, 3.05) is 20.1 Å². The molecule has 154 valence electrons. The molecule has 2 N–H and O–H groups in total. The maximum Gasteiger partial charge on any atom is 0.490 e. The third-order valence-electron chi connectivity index (χ3n) is 4.18. The largest absolute Gasteiger partial charge is 0.490 e. The average molecular weight is 419 g/mol. The van der Waals surface area contributed by atoms with Gasteiger partial charge in [-0.25, -0.2) is 4.79 Å². The van der Waals surface area contributed by atoms with Gasteiger partial charge in [0.05, 0.1) is 4.88 Å². The highest BCUT2D eigenvalue weighted by Gasteiger charge is 2.38. The van der Waals surface area contributed by atoms with Crippen LogP contribution in [0.25, 0.3) is 10.6 Å². The summed E-state index contributed by atoms with van der Waals surface area (Å²) >= 11 is 1.56. The SMILES string of the molecule is CN1CCCC1CCNC(=O)c1cc(-c2cccs2)on1.O=C(O)C(F)(F)F. The zero-order chi connectivity index (χ0) is 20.7. The molecule has 7 nitrogen and oxygen atoms in total. The average Bonchev–Trinajstić information content (AvgIpc) is 3.36. The van der Waals surface area contributed by atoms with Gasteiger partial charge in [0, 0.05) is 18.7 Å². The lowest BCUT2D eigenvalue weighted by Gasteiger charge is -2.18. The van der Waals surface area contributed by atoms with Gasteiger partial charge in [-0.3, -0.25) is 4.79 Å². The molecule has 1 atom stereocenters. The number of thiophene rings is 1. The van der Waals surface area contributed by atoms with E-state index >= 15 is 0 Å². The molecule has 11 heteroatoms. The van der Waals surface area contributed by atoms with Crippen molar-refractivity contribution in [2.45, 2.75) is 31.5 Å². The monoisotopic (exact) mass is 419 g/mol. The number of hydrogen-bond donors (Lipinski definition) is 2. The quantitative estimate of drug-likeness (QED) is 0.773. The Morgan fingerprint density at radius 3 is 2.71 bits per heavy atom. The minimum atomic E-state index is -5.08. The number of carbonyl (C=O) groups excluding carboxylic acids is 1. The Labute approximate surface area is 163 Å². The topological polar surface area (TPSA) is 95.7 Å². The van der Waals surface area contributed by atoms with Crippen LogP contribution >= 0.6 is 11.3 Å². The molecule has 1 saturated heterocycles. The van der Waals surface area contributed by atoms with Crippen LogP contribution in [0.2, 0.25) is 0 Å². The van der Waals surface area contributed by atoms with Gasteiger partial charge < -0.3 is 19.8 Å². The van der Waals surface area contributed by atoms with Crippen LogP contribution in [0.4, 0.5) is 13.2 Å². The second-order valence-electron chi connectivity index (χ2n) is 6.18. The first-order valence-corrected chi connectivity index (χ1v) is 9.35. The van der Waals surface area contributed by atoms with Crippen LogP contribution < -0.4 is 5.32 Å². The zero-order valence-electron chi connectivity index (χ0n) is 15.0. The van der Waals surface area contributed by atoms with Gasteiger partial charge in [-0.2, -0.15) is 13.2 Å². The van der Waals surface area contributed by atoms with Crippen molar-refractivity contribution in [3.8, 4) is 10.6 Å². The maximum absolute atomic E-state index is 12.0. The fraction of sp³-hybridized carbons (Fsp3) is 0.471. The van der Waals surface area contributed by atoms with Gasteiger partial charge in [0.1, 0.15) is 0 Å². The summed E-state index contributed by atoms with van der Waals surface area (Å²) in [7, 11) is 2.14. The second kappa shape index (κ2) is 9.69. The fourth-order valence-electron chi connectivity index (χ4n) is 2.70. The van der Waals surface area contributed by atoms with Gasteiger partial charge in [0.15, 0.2) is 11.5 Å². The Bertz CT molecular complexity index is 777. The van der Waals surface area contributed by atoms with Gasteiger partial charge in [-0.1, -0.05) is 11.2 Å². The Morgan fingerprint density at radius 1 is 1.46 bits per heavy atom. The lowest BCUT2D eigenvalue weighted by Crippen LogP contribution is -2.31. The molecular formula is C17H20F3N3O4S. The highest BCUT2D eigenvalue weighted by molar-refractivity contribution is 7.13. The van der Waals surface area contributed by atoms with Gasteiger partial charge in [-0.05, 0) is 44.3 Å². The molecule has 2 aromatic rings. The Kier molecular flexibility index (Phi) is 7.58. The molecule has 1 aliphatic rings. The van der Waals surface area contributed by atoms with E-state index in [1.807, 2.05) is 17.5 Å². The van der Waals surface area contributed by atoms with Crippen molar-refractivity contribution in [2.24, 2.45) is 0 Å². The lowest BCUT2D eigenvalue weighted by atomic mass is 10.1. The summed E-state index contributed by atoms with van der Waals surface area (Å²) in [4.78, 5) is 24.3. The highest BCUT2D eigenvalue weighted by Crippen LogP contribution is 2.25. The molecule has 3 rings (SSSR count). The van der Waals surface area contributed by atoms with Crippen LogP contribution in [0, 0.1) is 0 Å². The molecule has 3 heterocycles. The lowest BCUT2D eigenvalue weighted by molar-refractivity contribution is -0.192. The van der Waals surface area contributed by atoms with E-state index in [0.29, 0.717) is 24.0 Å². The van der Waals surface area contributed by atoms with E-state index in [4.69, 9.17) is 14.4 Å². The zero-order valence-corrected chi connectivity index (χ0v) is 15.8. The number of carbonyl (C=O) groups is 2. The van der Waals surface area contributed by atoms with Crippen LogP contribution in [0.1, 0.15) is 29.8 Å². The van der Waals surface area contributed by atoms with Gasteiger partial charge >= 0.3 is 12.1 Å². The van der Waals surface area contributed by atoms with Crippen LogP contribution in [0.5, 0.6) is 0 Å². The van der Waals surface area contributed by atoms with Gasteiger partial charge in [-0.15, -0.1) is 11.3 Å². The maximum atomic E-state index is 12.0. The third-order valence-corrected chi connectivity index (χ3v) is 5.07. The summed E-state index contributed by atoms with van der Waals surface area (Å²) < 4.78 is 37.0. The van der Waals surface area contributed by atoms with Gasteiger partial charge in [0.25, 0.3) is 5.91 Å². The number of likely N-dealkylation sites (tertiary alicyclic amines) is 1. The summed E-state index contributed by atoms with van der Waals surface area (Å²) in [6, 6.07) is 6.18. The first kappa shape index (κ1) is 21.9. The number of alkyl halides is 3. The third kappa shape index (κ3) is 6.34. The van der Waals surface area contributed by atoms with Crippen molar-refractivity contribution in [1.82, 2.24) is 15.4 Å². The van der Waals surface area contributed by atoms with E-state index in [1.165, 1.54) is 12.8 Å². The minimum Gasteiger partial charge on any atom is -0.475 e. The molecule has 2 aromatic heterocycles.